The van der Waals surface area contributed by atoms with E-state index in [2.05, 4.69) is 5.32 Å². The molecule has 0 aliphatic heterocycles. The Labute approximate surface area is 108 Å². The minimum atomic E-state index is -4.43. The van der Waals surface area contributed by atoms with Gasteiger partial charge in [0.05, 0.1) is 19.2 Å². The highest BCUT2D eigenvalue weighted by Gasteiger charge is 2.27. The minimum absolute atomic E-state index is 0.253. The summed E-state index contributed by atoms with van der Waals surface area (Å²) in [6, 6.07) is 8.35. The van der Waals surface area contributed by atoms with Crippen LogP contribution in [0.4, 0.5) is 13.2 Å². The van der Waals surface area contributed by atoms with Crippen LogP contribution in [-0.4, -0.2) is 36.9 Å². The van der Waals surface area contributed by atoms with E-state index in [1.807, 2.05) is 0 Å². The van der Waals surface area contributed by atoms with Crippen LogP contribution in [-0.2, 0) is 4.79 Å². The molecule has 1 atom stereocenters. The lowest BCUT2D eigenvalue weighted by Crippen LogP contribution is -2.40. The summed E-state index contributed by atoms with van der Waals surface area (Å²) in [5.74, 6) is -0.772. The number of hydrogen-bond acceptors (Lipinski definition) is 3. The van der Waals surface area contributed by atoms with Crippen molar-refractivity contribution in [3.8, 4) is 0 Å². The van der Waals surface area contributed by atoms with Crippen LogP contribution < -0.4 is 10.6 Å². The second-order valence-corrected chi connectivity index (χ2v) is 3.92. The van der Waals surface area contributed by atoms with E-state index in [4.69, 9.17) is 0 Å². The van der Waals surface area contributed by atoms with Crippen molar-refractivity contribution in [1.29, 1.82) is 0 Å². The molecule has 7 heteroatoms. The fourth-order valence-electron chi connectivity index (χ4n) is 1.45. The molecule has 0 spiro atoms. The molecule has 1 unspecified atom stereocenters. The fourth-order valence-corrected chi connectivity index (χ4v) is 1.45. The van der Waals surface area contributed by atoms with E-state index in [1.54, 1.807) is 35.6 Å². The predicted molar refractivity (Wildman–Crippen MR) is 63.3 cm³/mol. The summed E-state index contributed by atoms with van der Waals surface area (Å²) >= 11 is 0. The number of alkyl halides is 3. The Balaban J connectivity index is 2.40. The van der Waals surface area contributed by atoms with Gasteiger partial charge in [-0.3, -0.25) is 10.1 Å². The Hall–Kier alpha value is -1.60. The molecule has 1 rings (SSSR count). The van der Waals surface area contributed by atoms with Gasteiger partial charge in [-0.25, -0.2) is 0 Å². The lowest BCUT2D eigenvalue weighted by molar-refractivity contribution is -0.138. The van der Waals surface area contributed by atoms with Crippen LogP contribution in [0.1, 0.15) is 11.6 Å². The Kier molecular flexibility index (Phi) is 5.78. The van der Waals surface area contributed by atoms with Gasteiger partial charge in [0.15, 0.2) is 0 Å². The van der Waals surface area contributed by atoms with Gasteiger partial charge in [-0.15, -0.1) is 0 Å². The summed E-state index contributed by atoms with van der Waals surface area (Å²) in [4.78, 5) is 11.2. The van der Waals surface area contributed by atoms with Crippen LogP contribution in [0.25, 0.3) is 0 Å². The zero-order chi connectivity index (χ0) is 14.3. The van der Waals surface area contributed by atoms with Crippen LogP contribution in [0.15, 0.2) is 30.3 Å². The van der Waals surface area contributed by atoms with Crippen LogP contribution in [0.3, 0.4) is 0 Å². The largest absolute Gasteiger partial charge is 0.405 e. The molecular formula is C12H15F3N2O2. The van der Waals surface area contributed by atoms with Crippen LogP contribution in [0.2, 0.25) is 0 Å². The monoisotopic (exact) mass is 276 g/mol. The van der Waals surface area contributed by atoms with Crippen molar-refractivity contribution in [2.24, 2.45) is 0 Å². The van der Waals surface area contributed by atoms with Crippen molar-refractivity contribution < 1.29 is 23.1 Å². The molecule has 0 saturated heterocycles. The summed E-state index contributed by atoms with van der Waals surface area (Å²) < 4.78 is 35.6. The molecule has 0 radical (unpaired) electrons. The second-order valence-electron chi connectivity index (χ2n) is 3.92. The molecule has 3 N–H and O–H groups in total. The van der Waals surface area contributed by atoms with Gasteiger partial charge in [0.25, 0.3) is 0 Å². The highest BCUT2D eigenvalue weighted by Crippen LogP contribution is 2.12. The van der Waals surface area contributed by atoms with Crippen LogP contribution in [0.5, 0.6) is 0 Å². The SMILES string of the molecule is O=C(CNC(CO)c1ccccc1)NCC(F)(F)F. The average molecular weight is 276 g/mol. The average Bonchev–Trinajstić information content (AvgIpc) is 2.37. The van der Waals surface area contributed by atoms with E-state index < -0.39 is 24.7 Å². The Morgan fingerprint density at radius 3 is 2.42 bits per heavy atom. The van der Waals surface area contributed by atoms with Crippen molar-refractivity contribution in [2.45, 2.75) is 12.2 Å². The van der Waals surface area contributed by atoms with Gasteiger partial charge in [0, 0.05) is 0 Å². The molecule has 106 valence electrons. The predicted octanol–water partition coefficient (Wildman–Crippen LogP) is 0.988. The van der Waals surface area contributed by atoms with Gasteiger partial charge in [0.2, 0.25) is 5.91 Å². The molecule has 0 heterocycles. The van der Waals surface area contributed by atoms with Crippen LogP contribution in [0, 0.1) is 0 Å². The number of nitrogens with one attached hydrogen (secondary N) is 2. The lowest BCUT2D eigenvalue weighted by atomic mass is 10.1. The van der Waals surface area contributed by atoms with E-state index in [9.17, 15) is 23.1 Å². The van der Waals surface area contributed by atoms with Crippen LogP contribution >= 0.6 is 0 Å². The Bertz CT molecular complexity index is 396. The first-order valence-corrected chi connectivity index (χ1v) is 5.65. The molecule has 4 nitrogen and oxygen atoms in total. The number of halogens is 3. The second kappa shape index (κ2) is 7.10. The number of benzene rings is 1. The van der Waals surface area contributed by atoms with Gasteiger partial charge in [0.1, 0.15) is 6.54 Å². The molecule has 1 aromatic carbocycles. The molecule has 0 aromatic heterocycles. The molecule has 0 fully saturated rings. The van der Waals surface area contributed by atoms with E-state index >= 15 is 0 Å². The maximum atomic E-state index is 11.9. The summed E-state index contributed by atoms with van der Waals surface area (Å²) in [7, 11) is 0. The first kappa shape index (κ1) is 15.5. The van der Waals surface area contributed by atoms with E-state index in [0.29, 0.717) is 0 Å². The maximum absolute atomic E-state index is 11.9. The smallest absolute Gasteiger partial charge is 0.394 e. The minimum Gasteiger partial charge on any atom is -0.394 e. The van der Waals surface area contributed by atoms with E-state index in [-0.39, 0.29) is 13.2 Å². The van der Waals surface area contributed by atoms with Crippen molar-refractivity contribution in [1.82, 2.24) is 10.6 Å². The van der Waals surface area contributed by atoms with Gasteiger partial charge in [-0.05, 0) is 5.56 Å². The number of amides is 1. The van der Waals surface area contributed by atoms with Crippen molar-refractivity contribution in [3.05, 3.63) is 35.9 Å². The number of rotatable bonds is 6. The Morgan fingerprint density at radius 2 is 1.89 bits per heavy atom. The third-order valence-electron chi connectivity index (χ3n) is 2.38. The third-order valence-corrected chi connectivity index (χ3v) is 2.38. The zero-order valence-electron chi connectivity index (χ0n) is 10.1. The molecule has 1 aromatic rings. The van der Waals surface area contributed by atoms with E-state index in [1.165, 1.54) is 0 Å². The van der Waals surface area contributed by atoms with Crippen molar-refractivity contribution in [2.75, 3.05) is 19.7 Å². The van der Waals surface area contributed by atoms with Gasteiger partial charge >= 0.3 is 6.18 Å². The highest BCUT2D eigenvalue weighted by atomic mass is 19.4. The first-order chi connectivity index (χ1) is 8.92. The molecule has 1 amide bonds. The van der Waals surface area contributed by atoms with Gasteiger partial charge in [-0.2, -0.15) is 13.2 Å². The highest BCUT2D eigenvalue weighted by molar-refractivity contribution is 5.78. The number of aliphatic hydroxyl groups is 1. The molecule has 0 aliphatic rings. The quantitative estimate of drug-likeness (QED) is 0.726. The Morgan fingerprint density at radius 1 is 1.26 bits per heavy atom. The maximum Gasteiger partial charge on any atom is 0.405 e. The molecule has 0 bridgehead atoms. The standard InChI is InChI=1S/C12H15F3N2O2/c13-12(14,15)8-17-11(19)6-16-10(7-18)9-4-2-1-3-5-9/h1-5,10,16,18H,6-8H2,(H,17,19). The molecule has 0 aliphatic carbocycles. The van der Waals surface area contributed by atoms with Gasteiger partial charge in [-0.1, -0.05) is 30.3 Å². The number of carbonyl (C=O) groups is 1. The number of carbonyl (C=O) groups excluding carboxylic acids is 1. The zero-order valence-corrected chi connectivity index (χ0v) is 10.1. The van der Waals surface area contributed by atoms with Crippen molar-refractivity contribution in [3.63, 3.8) is 0 Å². The van der Waals surface area contributed by atoms with Gasteiger partial charge < -0.3 is 10.4 Å². The van der Waals surface area contributed by atoms with Crippen molar-refractivity contribution >= 4 is 5.91 Å². The summed E-state index contributed by atoms with van der Waals surface area (Å²) in [6.45, 7) is -1.91. The summed E-state index contributed by atoms with van der Waals surface area (Å²) in [5.41, 5.74) is 0.758. The molecule has 0 saturated carbocycles. The number of aliphatic hydroxyl groups excluding tert-OH is 1. The third kappa shape index (κ3) is 6.21. The number of hydrogen-bond donors (Lipinski definition) is 3. The topological polar surface area (TPSA) is 61.4 Å². The molecular weight excluding hydrogens is 261 g/mol. The summed E-state index contributed by atoms with van der Waals surface area (Å²) in [6.07, 6.45) is -4.43. The first-order valence-electron chi connectivity index (χ1n) is 5.65. The normalized spacial score (nSPS) is 13.1. The van der Waals surface area contributed by atoms with E-state index in [0.717, 1.165) is 5.56 Å². The summed E-state index contributed by atoms with van der Waals surface area (Å²) in [5, 5.41) is 13.6. The lowest BCUT2D eigenvalue weighted by Gasteiger charge is -2.16. The fraction of sp³-hybridized carbons (Fsp3) is 0.417. The molecule has 19 heavy (non-hydrogen) atoms.